The molecule has 1 aliphatic heterocycles. The average molecular weight is 222 g/mol. The van der Waals surface area contributed by atoms with E-state index in [9.17, 15) is 9.18 Å². The van der Waals surface area contributed by atoms with E-state index in [4.69, 9.17) is 0 Å². The Morgan fingerprint density at radius 1 is 1.56 bits per heavy atom. The molecule has 2 rings (SSSR count). The van der Waals surface area contributed by atoms with Crippen molar-refractivity contribution in [1.29, 1.82) is 0 Å². The van der Waals surface area contributed by atoms with Crippen molar-refractivity contribution in [3.8, 4) is 0 Å². The summed E-state index contributed by atoms with van der Waals surface area (Å²) < 4.78 is 13.4. The highest BCUT2D eigenvalue weighted by molar-refractivity contribution is 5.94. The summed E-state index contributed by atoms with van der Waals surface area (Å²) in [5.74, 6) is -0.775. The van der Waals surface area contributed by atoms with E-state index in [2.05, 4.69) is 18.8 Å². The van der Waals surface area contributed by atoms with Gasteiger partial charge in [-0.05, 0) is 17.9 Å². The van der Waals surface area contributed by atoms with Crippen LogP contribution in [0.3, 0.4) is 0 Å². The van der Waals surface area contributed by atoms with Crippen molar-refractivity contribution in [1.82, 2.24) is 9.88 Å². The summed E-state index contributed by atoms with van der Waals surface area (Å²) in [5, 5.41) is 0. The molecule has 1 aliphatic rings. The van der Waals surface area contributed by atoms with E-state index in [0.29, 0.717) is 13.1 Å². The van der Waals surface area contributed by atoms with E-state index >= 15 is 0 Å². The van der Waals surface area contributed by atoms with Crippen LogP contribution < -0.4 is 0 Å². The lowest BCUT2D eigenvalue weighted by Crippen LogP contribution is -2.30. The first-order valence-electron chi connectivity index (χ1n) is 5.38. The number of nitrogens with zero attached hydrogens (tertiary/aromatic N) is 2. The van der Waals surface area contributed by atoms with E-state index in [0.717, 1.165) is 12.6 Å². The SMILES string of the molecule is CC1(C)CCN(C(=O)c2ccncc2F)C1. The molecule has 0 spiro atoms. The normalized spacial score (nSPS) is 18.8. The van der Waals surface area contributed by atoms with Gasteiger partial charge in [-0.25, -0.2) is 4.39 Å². The summed E-state index contributed by atoms with van der Waals surface area (Å²) in [7, 11) is 0. The van der Waals surface area contributed by atoms with Crippen molar-refractivity contribution in [3.05, 3.63) is 29.8 Å². The zero-order valence-electron chi connectivity index (χ0n) is 9.53. The molecule has 0 aliphatic carbocycles. The maximum atomic E-state index is 13.4. The lowest BCUT2D eigenvalue weighted by Gasteiger charge is -2.19. The van der Waals surface area contributed by atoms with Crippen LogP contribution in [0.25, 0.3) is 0 Å². The van der Waals surface area contributed by atoms with E-state index in [1.165, 1.54) is 12.3 Å². The third-order valence-corrected chi connectivity index (χ3v) is 2.97. The van der Waals surface area contributed by atoms with Gasteiger partial charge in [-0.2, -0.15) is 0 Å². The standard InChI is InChI=1S/C12H15FN2O/c1-12(2)4-6-15(8-12)11(16)9-3-5-14-7-10(9)13/h3,5,7H,4,6,8H2,1-2H3. The number of carbonyl (C=O) groups is 1. The maximum absolute atomic E-state index is 13.4. The number of pyridine rings is 1. The predicted octanol–water partition coefficient (Wildman–Crippen LogP) is 2.09. The van der Waals surface area contributed by atoms with Crippen LogP contribution in [0.5, 0.6) is 0 Å². The van der Waals surface area contributed by atoms with Crippen LogP contribution in [0.15, 0.2) is 18.5 Å². The summed E-state index contributed by atoms with van der Waals surface area (Å²) in [6, 6.07) is 1.43. The Labute approximate surface area is 94.3 Å². The number of hydrogen-bond donors (Lipinski definition) is 0. The molecule has 0 bridgehead atoms. The molecular formula is C12H15FN2O. The third-order valence-electron chi connectivity index (χ3n) is 2.97. The monoisotopic (exact) mass is 222 g/mol. The maximum Gasteiger partial charge on any atom is 0.256 e. The Bertz CT molecular complexity index is 417. The molecule has 1 saturated heterocycles. The predicted molar refractivity (Wildman–Crippen MR) is 58.5 cm³/mol. The minimum Gasteiger partial charge on any atom is -0.338 e. The van der Waals surface area contributed by atoms with Crippen molar-refractivity contribution in [3.63, 3.8) is 0 Å². The molecule has 0 saturated carbocycles. The first kappa shape index (κ1) is 11.0. The van der Waals surface area contributed by atoms with Crippen LogP contribution in [-0.2, 0) is 0 Å². The molecule has 0 unspecified atom stereocenters. The Kier molecular flexibility index (Phi) is 2.66. The van der Waals surface area contributed by atoms with Crippen molar-refractivity contribution < 1.29 is 9.18 Å². The number of rotatable bonds is 1. The van der Waals surface area contributed by atoms with Gasteiger partial charge < -0.3 is 4.90 Å². The second-order valence-electron chi connectivity index (χ2n) is 5.00. The highest BCUT2D eigenvalue weighted by Gasteiger charge is 2.33. The van der Waals surface area contributed by atoms with E-state index in [-0.39, 0.29) is 16.9 Å². The second-order valence-corrected chi connectivity index (χ2v) is 5.00. The van der Waals surface area contributed by atoms with Crippen LogP contribution in [0.1, 0.15) is 30.6 Å². The molecule has 1 fully saturated rings. The van der Waals surface area contributed by atoms with Gasteiger partial charge in [0.1, 0.15) is 0 Å². The van der Waals surface area contributed by atoms with Gasteiger partial charge in [0.25, 0.3) is 5.91 Å². The molecule has 0 aromatic carbocycles. The van der Waals surface area contributed by atoms with Crippen molar-refractivity contribution in [2.45, 2.75) is 20.3 Å². The fraction of sp³-hybridized carbons (Fsp3) is 0.500. The van der Waals surface area contributed by atoms with Gasteiger partial charge in [-0.1, -0.05) is 13.8 Å². The number of hydrogen-bond acceptors (Lipinski definition) is 2. The fourth-order valence-electron chi connectivity index (χ4n) is 2.00. The number of carbonyl (C=O) groups excluding carboxylic acids is 1. The molecule has 1 aromatic heterocycles. The Morgan fingerprint density at radius 2 is 2.31 bits per heavy atom. The molecule has 3 nitrogen and oxygen atoms in total. The molecular weight excluding hydrogens is 207 g/mol. The van der Waals surface area contributed by atoms with Gasteiger partial charge >= 0.3 is 0 Å². The highest BCUT2D eigenvalue weighted by Crippen LogP contribution is 2.29. The first-order chi connectivity index (χ1) is 7.49. The van der Waals surface area contributed by atoms with Crippen molar-refractivity contribution in [2.75, 3.05) is 13.1 Å². The smallest absolute Gasteiger partial charge is 0.256 e. The van der Waals surface area contributed by atoms with Crippen molar-refractivity contribution >= 4 is 5.91 Å². The van der Waals surface area contributed by atoms with Gasteiger partial charge in [-0.3, -0.25) is 9.78 Å². The van der Waals surface area contributed by atoms with E-state index in [1.54, 1.807) is 4.90 Å². The molecule has 0 radical (unpaired) electrons. The zero-order valence-corrected chi connectivity index (χ0v) is 9.53. The van der Waals surface area contributed by atoms with Gasteiger partial charge in [0.05, 0.1) is 11.8 Å². The molecule has 16 heavy (non-hydrogen) atoms. The van der Waals surface area contributed by atoms with Crippen LogP contribution in [-0.4, -0.2) is 28.9 Å². The summed E-state index contributed by atoms with van der Waals surface area (Å²) in [4.78, 5) is 17.4. The molecule has 2 heterocycles. The summed E-state index contributed by atoms with van der Waals surface area (Å²) in [6.07, 6.45) is 3.48. The average Bonchev–Trinajstić information content (AvgIpc) is 2.59. The Balaban J connectivity index is 2.18. The lowest BCUT2D eigenvalue weighted by molar-refractivity contribution is 0.0773. The third kappa shape index (κ3) is 2.05. The van der Waals surface area contributed by atoms with Crippen molar-refractivity contribution in [2.24, 2.45) is 5.41 Å². The van der Waals surface area contributed by atoms with Crippen LogP contribution in [0.4, 0.5) is 4.39 Å². The van der Waals surface area contributed by atoms with Gasteiger partial charge in [0.2, 0.25) is 0 Å². The largest absolute Gasteiger partial charge is 0.338 e. The number of halogens is 1. The van der Waals surface area contributed by atoms with Gasteiger partial charge in [-0.15, -0.1) is 0 Å². The minimum atomic E-state index is -0.544. The zero-order chi connectivity index (χ0) is 11.8. The molecule has 0 N–H and O–H groups in total. The number of aromatic nitrogens is 1. The Hall–Kier alpha value is -1.45. The quantitative estimate of drug-likeness (QED) is 0.729. The molecule has 86 valence electrons. The number of amides is 1. The lowest BCUT2D eigenvalue weighted by atomic mass is 9.93. The fourth-order valence-corrected chi connectivity index (χ4v) is 2.00. The summed E-state index contributed by atoms with van der Waals surface area (Å²) in [5.41, 5.74) is 0.256. The molecule has 4 heteroatoms. The minimum absolute atomic E-state index is 0.118. The first-order valence-corrected chi connectivity index (χ1v) is 5.38. The van der Waals surface area contributed by atoms with E-state index in [1.807, 2.05) is 0 Å². The van der Waals surface area contributed by atoms with Crippen LogP contribution in [0, 0.1) is 11.2 Å². The van der Waals surface area contributed by atoms with Crippen LogP contribution >= 0.6 is 0 Å². The molecule has 1 aromatic rings. The number of likely N-dealkylation sites (tertiary alicyclic amines) is 1. The van der Waals surface area contributed by atoms with Gasteiger partial charge in [0, 0.05) is 19.3 Å². The summed E-state index contributed by atoms with van der Waals surface area (Å²) in [6.45, 7) is 5.62. The van der Waals surface area contributed by atoms with E-state index < -0.39 is 5.82 Å². The topological polar surface area (TPSA) is 33.2 Å². The summed E-state index contributed by atoms with van der Waals surface area (Å²) >= 11 is 0. The second kappa shape index (κ2) is 3.85. The highest BCUT2D eigenvalue weighted by atomic mass is 19.1. The molecule has 0 atom stereocenters. The Morgan fingerprint density at radius 3 is 2.88 bits per heavy atom. The van der Waals surface area contributed by atoms with Crippen LogP contribution in [0.2, 0.25) is 0 Å². The van der Waals surface area contributed by atoms with Gasteiger partial charge in [0.15, 0.2) is 5.82 Å². The molecule has 1 amide bonds.